The Morgan fingerprint density at radius 1 is 1.14 bits per heavy atom. The molecule has 3 nitrogen and oxygen atoms in total. The Kier molecular flexibility index (Phi) is 6.33. The number of aryl methyl sites for hydroxylation is 1. The molecule has 0 fully saturated rings. The molecule has 1 unspecified atom stereocenters. The molecule has 0 amide bonds. The van der Waals surface area contributed by atoms with Crippen LogP contribution in [0.3, 0.4) is 0 Å². The zero-order valence-corrected chi connectivity index (χ0v) is 16.7. The number of hydrogen-bond donors (Lipinski definition) is 1. The van der Waals surface area contributed by atoms with Gasteiger partial charge < -0.3 is 5.32 Å². The summed E-state index contributed by atoms with van der Waals surface area (Å²) in [5.41, 5.74) is 1.80. The molecule has 8 heteroatoms. The highest BCUT2D eigenvalue weighted by Gasteiger charge is 2.29. The maximum absolute atomic E-state index is 12.6. The first kappa shape index (κ1) is 20.3. The standard InChI is InChI=1S/C20H17F3N3PS/c21-20(22,23)16-6-3-13(4-7-16)2-1-9-25-19-26-12-18(28-19)14-5-8-17(27)15(10-14)11-24/h3-8,10,12H,1-2,9,27H2,(H,25,26). The molecule has 0 radical (unpaired) electrons. The van der Waals surface area contributed by atoms with E-state index in [9.17, 15) is 13.2 Å². The van der Waals surface area contributed by atoms with Crippen molar-refractivity contribution in [3.8, 4) is 16.5 Å². The van der Waals surface area contributed by atoms with Crippen LogP contribution in [-0.4, -0.2) is 11.5 Å². The number of thiazole rings is 1. The SMILES string of the molecule is N#Cc1cc(-c2cnc(NCCCc3ccc(C(F)(F)F)cc3)s2)ccc1P. The Balaban J connectivity index is 1.52. The van der Waals surface area contributed by atoms with Gasteiger partial charge in [0.2, 0.25) is 0 Å². The molecule has 144 valence electrons. The van der Waals surface area contributed by atoms with Crippen LogP contribution >= 0.6 is 20.6 Å². The molecular weight excluding hydrogens is 402 g/mol. The Bertz CT molecular complexity index is 991. The number of nitriles is 1. The summed E-state index contributed by atoms with van der Waals surface area (Å²) in [6.45, 7) is 0.669. The number of nitrogens with one attached hydrogen (secondary N) is 1. The molecule has 0 bridgehead atoms. The van der Waals surface area contributed by atoms with Gasteiger partial charge in [0.25, 0.3) is 0 Å². The zero-order chi connectivity index (χ0) is 20.1. The molecule has 0 saturated carbocycles. The quantitative estimate of drug-likeness (QED) is 0.439. The average molecular weight is 419 g/mol. The maximum atomic E-state index is 12.6. The van der Waals surface area contributed by atoms with Crippen LogP contribution in [0.25, 0.3) is 10.4 Å². The van der Waals surface area contributed by atoms with E-state index in [1.54, 1.807) is 6.20 Å². The van der Waals surface area contributed by atoms with Crippen molar-refractivity contribution in [3.05, 3.63) is 65.4 Å². The molecule has 1 heterocycles. The van der Waals surface area contributed by atoms with Crippen LogP contribution in [0.5, 0.6) is 0 Å². The second-order valence-corrected chi connectivity index (χ2v) is 7.82. The van der Waals surface area contributed by atoms with Crippen LogP contribution in [0.4, 0.5) is 18.3 Å². The van der Waals surface area contributed by atoms with E-state index in [1.807, 2.05) is 18.2 Å². The Morgan fingerprint density at radius 3 is 2.57 bits per heavy atom. The van der Waals surface area contributed by atoms with Crippen molar-refractivity contribution in [1.29, 1.82) is 5.26 Å². The molecule has 0 aliphatic heterocycles. The first-order chi connectivity index (χ1) is 13.4. The third-order valence-corrected chi connectivity index (χ3v) is 5.67. The van der Waals surface area contributed by atoms with Gasteiger partial charge in [-0.05, 0) is 47.5 Å². The minimum Gasteiger partial charge on any atom is -0.361 e. The number of halogens is 3. The third kappa shape index (κ3) is 5.09. The van der Waals surface area contributed by atoms with Crippen molar-refractivity contribution in [2.75, 3.05) is 11.9 Å². The summed E-state index contributed by atoms with van der Waals surface area (Å²) in [7, 11) is 2.54. The first-order valence-corrected chi connectivity index (χ1v) is 9.92. The Labute approximate surface area is 167 Å². The van der Waals surface area contributed by atoms with Crippen molar-refractivity contribution in [2.45, 2.75) is 19.0 Å². The number of rotatable bonds is 6. The second kappa shape index (κ2) is 8.72. The van der Waals surface area contributed by atoms with Crippen LogP contribution in [0, 0.1) is 11.3 Å². The molecule has 1 atom stereocenters. The molecule has 1 N–H and O–H groups in total. The minimum absolute atomic E-state index is 0.613. The zero-order valence-electron chi connectivity index (χ0n) is 14.8. The fraction of sp³-hybridized carbons (Fsp3) is 0.200. The van der Waals surface area contributed by atoms with Crippen molar-refractivity contribution < 1.29 is 13.2 Å². The summed E-state index contributed by atoms with van der Waals surface area (Å²) < 4.78 is 37.7. The topological polar surface area (TPSA) is 48.7 Å². The monoisotopic (exact) mass is 419 g/mol. The maximum Gasteiger partial charge on any atom is 0.416 e. The summed E-state index contributed by atoms with van der Waals surface area (Å²) >= 11 is 1.50. The molecule has 3 aromatic rings. The highest BCUT2D eigenvalue weighted by molar-refractivity contribution is 7.27. The lowest BCUT2D eigenvalue weighted by Gasteiger charge is -2.07. The van der Waals surface area contributed by atoms with Crippen molar-refractivity contribution in [3.63, 3.8) is 0 Å². The van der Waals surface area contributed by atoms with Crippen LogP contribution < -0.4 is 10.6 Å². The number of aromatic nitrogens is 1. The number of anilines is 1. The molecule has 0 aliphatic carbocycles. The fourth-order valence-electron chi connectivity index (χ4n) is 2.64. The van der Waals surface area contributed by atoms with E-state index in [0.29, 0.717) is 18.5 Å². The predicted molar refractivity (Wildman–Crippen MR) is 110 cm³/mol. The number of hydrogen-bond acceptors (Lipinski definition) is 4. The third-order valence-electron chi connectivity index (χ3n) is 4.16. The molecule has 0 spiro atoms. The van der Waals surface area contributed by atoms with Crippen LogP contribution in [0.2, 0.25) is 0 Å². The van der Waals surface area contributed by atoms with Gasteiger partial charge in [-0.25, -0.2) is 4.98 Å². The lowest BCUT2D eigenvalue weighted by molar-refractivity contribution is -0.137. The minimum atomic E-state index is -4.30. The summed E-state index contributed by atoms with van der Waals surface area (Å²) in [5.74, 6) is 0. The number of benzene rings is 2. The normalized spacial score (nSPS) is 11.2. The lowest BCUT2D eigenvalue weighted by Crippen LogP contribution is -2.05. The van der Waals surface area contributed by atoms with Gasteiger partial charge in [0, 0.05) is 12.7 Å². The van der Waals surface area contributed by atoms with E-state index in [2.05, 4.69) is 25.6 Å². The highest BCUT2D eigenvalue weighted by atomic mass is 32.1. The van der Waals surface area contributed by atoms with E-state index in [-0.39, 0.29) is 0 Å². The van der Waals surface area contributed by atoms with Gasteiger partial charge in [-0.2, -0.15) is 18.4 Å². The van der Waals surface area contributed by atoms with Crippen molar-refractivity contribution >= 4 is 31.0 Å². The Morgan fingerprint density at radius 2 is 1.89 bits per heavy atom. The highest BCUT2D eigenvalue weighted by Crippen LogP contribution is 2.30. The molecule has 0 saturated heterocycles. The van der Waals surface area contributed by atoms with Crippen molar-refractivity contribution in [1.82, 2.24) is 4.98 Å². The summed E-state index contributed by atoms with van der Waals surface area (Å²) in [6, 6.07) is 13.1. The van der Waals surface area contributed by atoms with Crippen LogP contribution in [-0.2, 0) is 12.6 Å². The molecular formula is C20H17F3N3PS. The van der Waals surface area contributed by atoms with E-state index in [0.717, 1.165) is 45.0 Å². The smallest absolute Gasteiger partial charge is 0.361 e. The fourth-order valence-corrected chi connectivity index (χ4v) is 3.73. The van der Waals surface area contributed by atoms with Crippen molar-refractivity contribution in [2.24, 2.45) is 0 Å². The van der Waals surface area contributed by atoms with Crippen LogP contribution in [0.1, 0.15) is 23.1 Å². The molecule has 0 aliphatic rings. The van der Waals surface area contributed by atoms with E-state index >= 15 is 0 Å². The Hall–Kier alpha value is -2.42. The van der Waals surface area contributed by atoms with Gasteiger partial charge in [0.1, 0.15) is 0 Å². The number of nitrogens with zero attached hydrogens (tertiary/aromatic N) is 2. The summed E-state index contributed by atoms with van der Waals surface area (Å²) in [5, 5.41) is 14.0. The average Bonchev–Trinajstić information content (AvgIpc) is 3.14. The number of alkyl halides is 3. The lowest BCUT2D eigenvalue weighted by atomic mass is 10.1. The van der Waals surface area contributed by atoms with Gasteiger partial charge in [0.15, 0.2) is 5.13 Å². The van der Waals surface area contributed by atoms with E-state index in [4.69, 9.17) is 5.26 Å². The molecule has 1 aromatic heterocycles. The second-order valence-electron chi connectivity index (χ2n) is 6.17. The van der Waals surface area contributed by atoms with Gasteiger partial charge in [-0.3, -0.25) is 0 Å². The summed E-state index contributed by atoms with van der Waals surface area (Å²) in [6.07, 6.45) is -1.07. The summed E-state index contributed by atoms with van der Waals surface area (Å²) in [4.78, 5) is 5.31. The first-order valence-electron chi connectivity index (χ1n) is 8.52. The van der Waals surface area contributed by atoms with Gasteiger partial charge >= 0.3 is 6.18 Å². The predicted octanol–water partition coefficient (Wildman–Crippen LogP) is 5.25. The van der Waals surface area contributed by atoms with Gasteiger partial charge in [-0.1, -0.05) is 35.6 Å². The molecule has 28 heavy (non-hydrogen) atoms. The van der Waals surface area contributed by atoms with E-state index in [1.165, 1.54) is 23.5 Å². The van der Waals surface area contributed by atoms with E-state index < -0.39 is 11.7 Å². The molecule has 2 aromatic carbocycles. The van der Waals surface area contributed by atoms with Gasteiger partial charge in [-0.15, -0.1) is 9.24 Å². The van der Waals surface area contributed by atoms with Gasteiger partial charge in [0.05, 0.1) is 22.1 Å². The largest absolute Gasteiger partial charge is 0.416 e. The molecule has 3 rings (SSSR count). The van der Waals surface area contributed by atoms with Crippen LogP contribution in [0.15, 0.2) is 48.7 Å².